The predicted octanol–water partition coefficient (Wildman–Crippen LogP) is 5.39. The number of ether oxygens (including phenoxy) is 5. The molecule has 0 heterocycles. The molecule has 8 nitrogen and oxygen atoms in total. The van der Waals surface area contributed by atoms with Gasteiger partial charge in [-0.1, -0.05) is 25.1 Å². The lowest BCUT2D eigenvalue weighted by atomic mass is 10.00. The van der Waals surface area contributed by atoms with E-state index in [9.17, 15) is 9.59 Å². The number of hydrogen-bond donors (Lipinski definition) is 1. The van der Waals surface area contributed by atoms with E-state index >= 15 is 0 Å². The molecule has 3 aromatic carbocycles. The number of carbonyl (C=O) groups is 2. The van der Waals surface area contributed by atoms with Crippen LogP contribution in [0.4, 0.5) is 5.69 Å². The molecule has 0 fully saturated rings. The van der Waals surface area contributed by atoms with Crippen molar-refractivity contribution in [3.63, 3.8) is 0 Å². The van der Waals surface area contributed by atoms with Crippen molar-refractivity contribution < 1.29 is 33.3 Å². The summed E-state index contributed by atoms with van der Waals surface area (Å²) in [6.07, 6.45) is 2.58. The van der Waals surface area contributed by atoms with E-state index < -0.39 is 5.97 Å². The SMILES string of the molecule is CCc1ccc(NC(=O)/C(=C/c2ccc(OC)c(OC(C)=O)c2)c2cc(OC)c(OC)c(OC)c2)cc1. The first kappa shape index (κ1) is 27.1. The van der Waals surface area contributed by atoms with E-state index in [-0.39, 0.29) is 11.7 Å². The quantitative estimate of drug-likeness (QED) is 0.171. The molecule has 0 saturated carbocycles. The van der Waals surface area contributed by atoms with E-state index in [1.165, 1.54) is 35.4 Å². The zero-order valence-electron chi connectivity index (χ0n) is 21.8. The molecule has 0 spiro atoms. The average Bonchev–Trinajstić information content (AvgIpc) is 2.91. The number of carbonyl (C=O) groups excluding carboxylic acids is 2. The highest BCUT2D eigenvalue weighted by molar-refractivity contribution is 6.29. The van der Waals surface area contributed by atoms with Gasteiger partial charge in [-0.05, 0) is 65.6 Å². The Bertz CT molecular complexity index is 1270. The molecule has 3 rings (SSSR count). The minimum Gasteiger partial charge on any atom is -0.493 e. The highest BCUT2D eigenvalue weighted by Crippen LogP contribution is 2.40. The summed E-state index contributed by atoms with van der Waals surface area (Å²) in [5.74, 6) is 0.994. The maximum absolute atomic E-state index is 13.6. The lowest BCUT2D eigenvalue weighted by Gasteiger charge is -2.16. The standard InChI is InChI=1S/C29H31NO7/c1-7-19-8-11-22(12-9-19)30-29(32)23(21-16-26(34-4)28(36-6)27(17-21)35-5)14-20-10-13-24(33-3)25(15-20)37-18(2)31/h8-17H,7H2,1-6H3,(H,30,32)/b23-14+. The smallest absolute Gasteiger partial charge is 0.308 e. The molecule has 3 aromatic rings. The van der Waals surface area contributed by atoms with Gasteiger partial charge in [0.05, 0.1) is 28.4 Å². The molecule has 194 valence electrons. The lowest BCUT2D eigenvalue weighted by molar-refractivity contribution is -0.132. The molecule has 1 N–H and O–H groups in total. The highest BCUT2D eigenvalue weighted by Gasteiger charge is 2.20. The first-order valence-corrected chi connectivity index (χ1v) is 11.6. The molecule has 0 aromatic heterocycles. The monoisotopic (exact) mass is 505 g/mol. The number of amides is 1. The van der Waals surface area contributed by atoms with Crippen molar-refractivity contribution in [1.82, 2.24) is 0 Å². The summed E-state index contributed by atoms with van der Waals surface area (Å²) in [6, 6.07) is 16.1. The second-order valence-electron chi connectivity index (χ2n) is 7.98. The van der Waals surface area contributed by atoms with Gasteiger partial charge >= 0.3 is 5.97 Å². The number of aryl methyl sites for hydroxylation is 1. The Kier molecular flexibility index (Phi) is 9.16. The largest absolute Gasteiger partial charge is 0.493 e. The van der Waals surface area contributed by atoms with Crippen LogP contribution in [0.1, 0.15) is 30.5 Å². The van der Waals surface area contributed by atoms with Crippen molar-refractivity contribution in [2.45, 2.75) is 20.3 Å². The second kappa shape index (κ2) is 12.5. The van der Waals surface area contributed by atoms with Gasteiger partial charge in [-0.2, -0.15) is 0 Å². The van der Waals surface area contributed by atoms with Gasteiger partial charge in [-0.25, -0.2) is 0 Å². The van der Waals surface area contributed by atoms with Crippen LogP contribution in [0.15, 0.2) is 54.6 Å². The van der Waals surface area contributed by atoms with Gasteiger partial charge in [0.1, 0.15) is 0 Å². The van der Waals surface area contributed by atoms with Crippen molar-refractivity contribution in [1.29, 1.82) is 0 Å². The van der Waals surface area contributed by atoms with Crippen LogP contribution >= 0.6 is 0 Å². The van der Waals surface area contributed by atoms with E-state index in [0.29, 0.717) is 45.4 Å². The van der Waals surface area contributed by atoms with Crippen molar-refractivity contribution in [2.75, 3.05) is 33.8 Å². The van der Waals surface area contributed by atoms with Crippen LogP contribution in [0.3, 0.4) is 0 Å². The van der Waals surface area contributed by atoms with Gasteiger partial charge in [0.15, 0.2) is 23.0 Å². The number of hydrogen-bond acceptors (Lipinski definition) is 7. The lowest BCUT2D eigenvalue weighted by Crippen LogP contribution is -2.14. The highest BCUT2D eigenvalue weighted by atomic mass is 16.6. The number of rotatable bonds is 10. The summed E-state index contributed by atoms with van der Waals surface area (Å²) in [5.41, 5.74) is 3.27. The molecule has 37 heavy (non-hydrogen) atoms. The van der Waals surface area contributed by atoms with Gasteiger partial charge in [-0.3, -0.25) is 9.59 Å². The Morgan fingerprint density at radius 1 is 0.784 bits per heavy atom. The molecule has 1 amide bonds. The summed E-state index contributed by atoms with van der Waals surface area (Å²) in [5, 5.41) is 2.95. The van der Waals surface area contributed by atoms with E-state index in [4.69, 9.17) is 23.7 Å². The number of methoxy groups -OCH3 is 4. The summed E-state index contributed by atoms with van der Waals surface area (Å²) in [4.78, 5) is 25.2. The number of esters is 1. The van der Waals surface area contributed by atoms with E-state index in [1.54, 1.807) is 36.4 Å². The van der Waals surface area contributed by atoms with Crippen molar-refractivity contribution >= 4 is 29.2 Å². The van der Waals surface area contributed by atoms with E-state index in [1.807, 2.05) is 24.3 Å². The molecule has 0 aliphatic rings. The summed E-state index contributed by atoms with van der Waals surface area (Å²) in [7, 11) is 6.01. The van der Waals surface area contributed by atoms with Crippen LogP contribution in [0.5, 0.6) is 28.7 Å². The molecule has 0 saturated heterocycles. The van der Waals surface area contributed by atoms with Crippen molar-refractivity contribution in [2.24, 2.45) is 0 Å². The zero-order valence-corrected chi connectivity index (χ0v) is 21.8. The third kappa shape index (κ3) is 6.61. The molecule has 8 heteroatoms. The normalized spacial score (nSPS) is 10.9. The fourth-order valence-electron chi connectivity index (χ4n) is 3.72. The molecule has 0 atom stereocenters. The van der Waals surface area contributed by atoms with Crippen LogP contribution in [-0.4, -0.2) is 40.3 Å². The van der Waals surface area contributed by atoms with Crippen LogP contribution in [-0.2, 0) is 16.0 Å². The molecule has 0 bridgehead atoms. The number of anilines is 1. The fraction of sp³-hybridized carbons (Fsp3) is 0.241. The van der Waals surface area contributed by atoms with Crippen molar-refractivity contribution in [3.8, 4) is 28.7 Å². The summed E-state index contributed by atoms with van der Waals surface area (Å²) in [6.45, 7) is 3.37. The molecule has 0 aliphatic heterocycles. The van der Waals surface area contributed by atoms with Gasteiger partial charge in [-0.15, -0.1) is 0 Å². The van der Waals surface area contributed by atoms with E-state index in [0.717, 1.165) is 12.0 Å². The minimum atomic E-state index is -0.488. The van der Waals surface area contributed by atoms with Gasteiger partial charge in [0, 0.05) is 18.2 Å². The van der Waals surface area contributed by atoms with Crippen LogP contribution in [0, 0.1) is 0 Å². The second-order valence-corrected chi connectivity index (χ2v) is 7.98. The predicted molar refractivity (Wildman–Crippen MR) is 143 cm³/mol. The zero-order chi connectivity index (χ0) is 26.9. The first-order chi connectivity index (χ1) is 17.8. The Hall–Kier alpha value is -4.46. The van der Waals surface area contributed by atoms with Gasteiger partial charge < -0.3 is 29.0 Å². The molecule has 0 unspecified atom stereocenters. The Labute approximate surface area is 216 Å². The van der Waals surface area contributed by atoms with Gasteiger partial charge in [0.2, 0.25) is 5.75 Å². The number of benzene rings is 3. The van der Waals surface area contributed by atoms with Crippen molar-refractivity contribution in [3.05, 3.63) is 71.3 Å². The van der Waals surface area contributed by atoms with Crippen LogP contribution < -0.4 is 29.0 Å². The third-order valence-corrected chi connectivity index (χ3v) is 5.59. The summed E-state index contributed by atoms with van der Waals surface area (Å²) >= 11 is 0. The topological polar surface area (TPSA) is 92.3 Å². The molecular weight excluding hydrogens is 474 g/mol. The number of nitrogens with one attached hydrogen (secondary N) is 1. The Balaban J connectivity index is 2.15. The molecular formula is C29H31NO7. The van der Waals surface area contributed by atoms with Gasteiger partial charge in [0.25, 0.3) is 5.91 Å². The Morgan fingerprint density at radius 3 is 1.92 bits per heavy atom. The average molecular weight is 506 g/mol. The van der Waals surface area contributed by atoms with E-state index in [2.05, 4.69) is 12.2 Å². The first-order valence-electron chi connectivity index (χ1n) is 11.6. The third-order valence-electron chi connectivity index (χ3n) is 5.59. The fourth-order valence-corrected chi connectivity index (χ4v) is 3.72. The minimum absolute atomic E-state index is 0.239. The van der Waals surface area contributed by atoms with Crippen LogP contribution in [0.25, 0.3) is 11.6 Å². The Morgan fingerprint density at radius 2 is 1.41 bits per heavy atom. The molecule has 0 aliphatic carbocycles. The molecule has 0 radical (unpaired) electrons. The maximum Gasteiger partial charge on any atom is 0.308 e. The maximum atomic E-state index is 13.6. The van der Waals surface area contributed by atoms with Crippen LogP contribution in [0.2, 0.25) is 0 Å². The summed E-state index contributed by atoms with van der Waals surface area (Å²) < 4.78 is 27.0.